The Kier molecular flexibility index (Phi) is 6.34. The van der Waals surface area contributed by atoms with Gasteiger partial charge in [-0.05, 0) is 97.3 Å². The van der Waals surface area contributed by atoms with Crippen LogP contribution in [0.5, 0.6) is 11.5 Å². The third-order valence-corrected chi connectivity index (χ3v) is 7.93. The lowest BCUT2D eigenvalue weighted by molar-refractivity contribution is -0.137. The van der Waals surface area contributed by atoms with Gasteiger partial charge in [-0.3, -0.25) is 9.78 Å². The van der Waals surface area contributed by atoms with E-state index in [1.54, 1.807) is 12.1 Å². The van der Waals surface area contributed by atoms with Crippen molar-refractivity contribution in [3.63, 3.8) is 0 Å². The van der Waals surface area contributed by atoms with E-state index in [4.69, 9.17) is 14.6 Å². The van der Waals surface area contributed by atoms with Gasteiger partial charge in [-0.1, -0.05) is 18.2 Å². The zero-order chi connectivity index (χ0) is 27.3. The summed E-state index contributed by atoms with van der Waals surface area (Å²) in [5.74, 6) is -0.0440. The smallest absolute Gasteiger partial charge is 0.304 e. The summed E-state index contributed by atoms with van der Waals surface area (Å²) in [5.41, 5.74) is 10.1. The molecule has 1 aromatic heterocycles. The molecule has 1 N–H and O–H groups in total. The van der Waals surface area contributed by atoms with Crippen molar-refractivity contribution in [3.8, 4) is 33.9 Å². The molecular weight excluding hydrogens is 493 g/mol. The summed E-state index contributed by atoms with van der Waals surface area (Å²) in [6, 6.07) is 17.3. The van der Waals surface area contributed by atoms with E-state index >= 15 is 4.39 Å². The van der Waals surface area contributed by atoms with E-state index < -0.39 is 12.1 Å². The van der Waals surface area contributed by atoms with Crippen LogP contribution in [0, 0.1) is 26.6 Å². The van der Waals surface area contributed by atoms with Gasteiger partial charge in [0.25, 0.3) is 0 Å². The molecule has 6 rings (SSSR count). The molecule has 0 radical (unpaired) electrons. The van der Waals surface area contributed by atoms with Gasteiger partial charge in [-0.25, -0.2) is 4.39 Å². The Morgan fingerprint density at radius 1 is 1.08 bits per heavy atom. The molecule has 2 heterocycles. The molecular formula is C33H30FNO4. The van der Waals surface area contributed by atoms with Gasteiger partial charge in [0.1, 0.15) is 23.4 Å². The molecule has 0 spiro atoms. The standard InChI is InChI=1S/C33H30FNO4/c1-18-5-4-12-35-33(18)21-13-19(2)31(20(3)14-21)25-8-10-27(34)32-26(25)9-11-28(32)39-23-6-7-24-22(15-30(36)37)17-38-29(24)16-23/h4-8,10,12-14,16,22,28H,9,11,15,17H2,1-3H3,(H,36,37)/t22?,28-/m1/s1. The average molecular weight is 524 g/mol. The fourth-order valence-corrected chi connectivity index (χ4v) is 6.21. The van der Waals surface area contributed by atoms with E-state index in [-0.39, 0.29) is 18.2 Å². The highest BCUT2D eigenvalue weighted by Crippen LogP contribution is 2.45. The average Bonchev–Trinajstić information content (AvgIpc) is 3.49. The van der Waals surface area contributed by atoms with Crippen molar-refractivity contribution >= 4 is 5.97 Å². The van der Waals surface area contributed by atoms with Gasteiger partial charge >= 0.3 is 5.97 Å². The Morgan fingerprint density at radius 2 is 1.87 bits per heavy atom. The minimum absolute atomic E-state index is 0.0263. The first-order valence-corrected chi connectivity index (χ1v) is 13.3. The number of hydrogen-bond acceptors (Lipinski definition) is 4. The molecule has 6 heteroatoms. The fourth-order valence-electron chi connectivity index (χ4n) is 6.21. The van der Waals surface area contributed by atoms with E-state index in [0.717, 1.165) is 56.6 Å². The highest BCUT2D eigenvalue weighted by atomic mass is 19.1. The van der Waals surface area contributed by atoms with Gasteiger partial charge in [0.2, 0.25) is 0 Å². The number of benzene rings is 3. The second kappa shape index (κ2) is 9.84. The summed E-state index contributed by atoms with van der Waals surface area (Å²) in [6.07, 6.45) is 2.82. The monoisotopic (exact) mass is 523 g/mol. The van der Waals surface area contributed by atoms with Crippen LogP contribution in [-0.2, 0) is 11.2 Å². The predicted molar refractivity (Wildman–Crippen MR) is 148 cm³/mol. The molecule has 1 aliphatic heterocycles. The summed E-state index contributed by atoms with van der Waals surface area (Å²) in [7, 11) is 0. The third-order valence-electron chi connectivity index (χ3n) is 7.93. The largest absolute Gasteiger partial charge is 0.492 e. The number of carboxylic acids is 1. The van der Waals surface area contributed by atoms with Crippen LogP contribution in [0.3, 0.4) is 0 Å². The molecule has 198 valence electrons. The number of pyridine rings is 1. The quantitative estimate of drug-likeness (QED) is 0.283. The van der Waals surface area contributed by atoms with Crippen LogP contribution in [0.2, 0.25) is 0 Å². The number of nitrogens with zero attached hydrogens (tertiary/aromatic N) is 1. The van der Waals surface area contributed by atoms with Crippen molar-refractivity contribution in [2.24, 2.45) is 0 Å². The van der Waals surface area contributed by atoms with Crippen LogP contribution in [0.15, 0.2) is 60.8 Å². The zero-order valence-corrected chi connectivity index (χ0v) is 22.3. The minimum Gasteiger partial charge on any atom is -0.492 e. The lowest BCUT2D eigenvalue weighted by Crippen LogP contribution is -2.07. The maximum atomic E-state index is 15.3. The molecule has 39 heavy (non-hydrogen) atoms. The van der Waals surface area contributed by atoms with Crippen molar-refractivity contribution in [1.29, 1.82) is 0 Å². The number of rotatable bonds is 6. The minimum atomic E-state index is -0.849. The molecule has 2 atom stereocenters. The Morgan fingerprint density at radius 3 is 2.62 bits per heavy atom. The molecule has 0 fully saturated rings. The van der Waals surface area contributed by atoms with E-state index in [2.05, 4.69) is 44.0 Å². The lowest BCUT2D eigenvalue weighted by atomic mass is 9.88. The summed E-state index contributed by atoms with van der Waals surface area (Å²) in [6.45, 7) is 6.61. The Hall–Kier alpha value is -4.19. The molecule has 1 aliphatic carbocycles. The van der Waals surface area contributed by atoms with Crippen LogP contribution < -0.4 is 9.47 Å². The van der Waals surface area contributed by atoms with E-state index in [9.17, 15) is 4.79 Å². The summed E-state index contributed by atoms with van der Waals surface area (Å²) < 4.78 is 27.4. The van der Waals surface area contributed by atoms with Gasteiger partial charge in [0.15, 0.2) is 0 Å². The van der Waals surface area contributed by atoms with Gasteiger partial charge in [0, 0.05) is 34.9 Å². The van der Waals surface area contributed by atoms with E-state index in [1.165, 1.54) is 0 Å². The highest BCUT2D eigenvalue weighted by molar-refractivity contribution is 5.79. The van der Waals surface area contributed by atoms with Crippen LogP contribution >= 0.6 is 0 Å². The Labute approximate surface area is 227 Å². The zero-order valence-electron chi connectivity index (χ0n) is 22.3. The number of aliphatic carboxylic acids is 1. The highest BCUT2D eigenvalue weighted by Gasteiger charge is 2.32. The molecule has 0 saturated carbocycles. The van der Waals surface area contributed by atoms with Crippen molar-refractivity contribution in [1.82, 2.24) is 4.98 Å². The first kappa shape index (κ1) is 25.1. The first-order chi connectivity index (χ1) is 18.8. The molecule has 0 saturated heterocycles. The van der Waals surface area contributed by atoms with E-state index in [1.807, 2.05) is 30.5 Å². The SMILES string of the molecule is Cc1cccnc1-c1cc(C)c(-c2ccc(F)c3c2CC[C@H]3Oc2ccc3c(c2)OCC3CC(=O)O)c(C)c1. The van der Waals surface area contributed by atoms with Crippen molar-refractivity contribution < 1.29 is 23.8 Å². The number of ether oxygens (including phenoxy) is 2. The van der Waals surface area contributed by atoms with Gasteiger partial charge in [0.05, 0.1) is 18.7 Å². The second-order valence-corrected chi connectivity index (χ2v) is 10.6. The van der Waals surface area contributed by atoms with Crippen LogP contribution in [0.1, 0.15) is 58.2 Å². The van der Waals surface area contributed by atoms with Crippen LogP contribution in [0.4, 0.5) is 4.39 Å². The summed E-state index contributed by atoms with van der Waals surface area (Å²) >= 11 is 0. The van der Waals surface area contributed by atoms with Crippen molar-refractivity contribution in [3.05, 3.63) is 100.0 Å². The molecule has 3 aromatic carbocycles. The predicted octanol–water partition coefficient (Wildman–Crippen LogP) is 7.50. The molecule has 4 aromatic rings. The van der Waals surface area contributed by atoms with Crippen molar-refractivity contribution in [2.45, 2.75) is 52.1 Å². The summed E-state index contributed by atoms with van der Waals surface area (Å²) in [5, 5.41) is 9.16. The van der Waals surface area contributed by atoms with Crippen molar-refractivity contribution in [2.75, 3.05) is 6.61 Å². The number of aromatic nitrogens is 1. The van der Waals surface area contributed by atoms with Crippen LogP contribution in [-0.4, -0.2) is 22.7 Å². The summed E-state index contributed by atoms with van der Waals surface area (Å²) in [4.78, 5) is 15.7. The topological polar surface area (TPSA) is 68.7 Å². The molecule has 0 bridgehead atoms. The van der Waals surface area contributed by atoms with E-state index in [0.29, 0.717) is 30.1 Å². The number of carbonyl (C=O) groups is 1. The molecule has 0 amide bonds. The number of hydrogen-bond donors (Lipinski definition) is 1. The number of fused-ring (bicyclic) bond motifs is 2. The molecule has 2 aliphatic rings. The number of carboxylic acid groups (broad SMARTS) is 1. The number of halogens is 1. The van der Waals surface area contributed by atoms with Crippen LogP contribution in [0.25, 0.3) is 22.4 Å². The Bertz CT molecular complexity index is 1590. The fraction of sp³-hybridized carbons (Fsp3) is 0.273. The van der Waals surface area contributed by atoms with Gasteiger partial charge < -0.3 is 14.6 Å². The normalized spacial score (nSPS) is 17.4. The Balaban J connectivity index is 1.32. The van der Waals surface area contributed by atoms with Gasteiger partial charge in [-0.15, -0.1) is 0 Å². The molecule has 5 nitrogen and oxygen atoms in total. The number of aryl methyl sites for hydroxylation is 3. The molecule has 1 unspecified atom stereocenters. The maximum absolute atomic E-state index is 15.3. The lowest BCUT2D eigenvalue weighted by Gasteiger charge is -2.19. The second-order valence-electron chi connectivity index (χ2n) is 10.6. The first-order valence-electron chi connectivity index (χ1n) is 13.3. The van der Waals surface area contributed by atoms with Gasteiger partial charge in [-0.2, -0.15) is 0 Å². The maximum Gasteiger partial charge on any atom is 0.304 e. The third kappa shape index (κ3) is 4.54.